The van der Waals surface area contributed by atoms with Crippen molar-refractivity contribution in [3.63, 3.8) is 0 Å². The van der Waals surface area contributed by atoms with Gasteiger partial charge in [-0.15, -0.1) is 0 Å². The molecule has 4 atom stereocenters. The van der Waals surface area contributed by atoms with Crippen LogP contribution in [-0.2, 0) is 0 Å². The van der Waals surface area contributed by atoms with Crippen LogP contribution < -0.4 is 11.1 Å². The number of nitrogens with zero attached hydrogens (tertiary/aromatic N) is 2. The Labute approximate surface area is 205 Å². The van der Waals surface area contributed by atoms with Crippen LogP contribution in [0, 0.1) is 29.3 Å². The van der Waals surface area contributed by atoms with Crippen LogP contribution in [0.5, 0.6) is 0 Å². The van der Waals surface area contributed by atoms with Crippen molar-refractivity contribution in [3.05, 3.63) is 77.0 Å². The van der Waals surface area contributed by atoms with Gasteiger partial charge in [-0.3, -0.25) is 9.78 Å². The number of anilines is 1. The minimum absolute atomic E-state index is 0.00181. The number of alkyl halides is 2. The van der Waals surface area contributed by atoms with E-state index in [2.05, 4.69) is 29.1 Å². The molecule has 4 rings (SSSR count). The number of halogens is 5. The van der Waals surface area contributed by atoms with Crippen molar-refractivity contribution in [1.82, 2.24) is 9.97 Å². The van der Waals surface area contributed by atoms with E-state index >= 15 is 0 Å². The van der Waals surface area contributed by atoms with Gasteiger partial charge < -0.3 is 11.1 Å². The number of benzene rings is 1. The van der Waals surface area contributed by atoms with Crippen molar-refractivity contribution in [2.75, 3.05) is 5.32 Å². The van der Waals surface area contributed by atoms with E-state index in [1.54, 1.807) is 12.3 Å². The normalized spacial score (nSPS) is 22.0. The van der Waals surface area contributed by atoms with Gasteiger partial charge in [-0.1, -0.05) is 13.8 Å². The minimum Gasteiger partial charge on any atom is -0.327 e. The number of hydrogen-bond acceptors (Lipinski definition) is 4. The Kier molecular flexibility index (Phi) is 7.35. The second-order valence-corrected chi connectivity index (χ2v) is 9.27. The van der Waals surface area contributed by atoms with E-state index in [4.69, 9.17) is 5.73 Å². The lowest BCUT2D eigenvalue weighted by atomic mass is 9.71. The number of rotatable bonds is 5. The summed E-state index contributed by atoms with van der Waals surface area (Å²) >= 11 is 0. The van der Waals surface area contributed by atoms with Crippen LogP contribution in [0.3, 0.4) is 0 Å². The molecule has 190 valence electrons. The molecule has 0 bridgehead atoms. The highest BCUT2D eigenvalue weighted by atomic mass is 19.3. The van der Waals surface area contributed by atoms with Crippen LogP contribution in [0.4, 0.5) is 27.6 Å². The fourth-order valence-corrected chi connectivity index (χ4v) is 4.72. The fraction of sp³-hybridized carbons (Fsp3) is 0.346. The molecule has 1 aliphatic rings. The standard InChI is InChI=1S/C26H25F5N4O/c1-12-7-14(10-20(32)13(12)2)16-5-6-33-11-22(16)35-26(36)21-4-3-17(27)24(34-21)23-18(28)8-15(25(30)31)9-19(23)29/h3-6,8-9,11-14,20,25H,7,10,32H2,1-2H3,(H,35,36)/t12-,13-,14+,20+/m0/s1. The van der Waals surface area contributed by atoms with Gasteiger partial charge in [-0.05, 0) is 66.5 Å². The molecule has 1 fully saturated rings. The molecule has 1 amide bonds. The van der Waals surface area contributed by atoms with Gasteiger partial charge in [0.1, 0.15) is 28.8 Å². The summed E-state index contributed by atoms with van der Waals surface area (Å²) in [5.41, 5.74) is 4.64. The highest BCUT2D eigenvalue weighted by Gasteiger charge is 2.32. The maximum absolute atomic E-state index is 14.5. The molecule has 3 N–H and O–H groups in total. The van der Waals surface area contributed by atoms with Crippen LogP contribution in [0.2, 0.25) is 0 Å². The van der Waals surface area contributed by atoms with Crippen molar-refractivity contribution in [1.29, 1.82) is 0 Å². The van der Waals surface area contributed by atoms with E-state index in [1.165, 1.54) is 6.20 Å². The monoisotopic (exact) mass is 504 g/mol. The molecule has 1 aliphatic carbocycles. The first kappa shape index (κ1) is 25.7. The number of aromatic nitrogens is 2. The van der Waals surface area contributed by atoms with Gasteiger partial charge in [0, 0.05) is 17.8 Å². The molecule has 5 nitrogen and oxygen atoms in total. The average molecular weight is 505 g/mol. The van der Waals surface area contributed by atoms with E-state index in [-0.39, 0.29) is 17.7 Å². The van der Waals surface area contributed by atoms with Gasteiger partial charge in [0.05, 0.1) is 17.4 Å². The molecule has 0 saturated heterocycles. The van der Waals surface area contributed by atoms with Crippen molar-refractivity contribution in [3.8, 4) is 11.3 Å². The third kappa shape index (κ3) is 5.09. The molecular weight excluding hydrogens is 479 g/mol. The Hall–Kier alpha value is -3.40. The van der Waals surface area contributed by atoms with Crippen LogP contribution in [0.25, 0.3) is 11.3 Å². The number of hydrogen-bond donors (Lipinski definition) is 2. The van der Waals surface area contributed by atoms with Gasteiger partial charge >= 0.3 is 0 Å². The number of nitrogens with one attached hydrogen (secondary N) is 1. The van der Waals surface area contributed by atoms with E-state index in [0.29, 0.717) is 29.7 Å². The zero-order valence-electron chi connectivity index (χ0n) is 19.6. The molecule has 1 saturated carbocycles. The second kappa shape index (κ2) is 10.3. The first-order valence-corrected chi connectivity index (χ1v) is 11.5. The largest absolute Gasteiger partial charge is 0.327 e. The molecule has 2 heterocycles. The summed E-state index contributed by atoms with van der Waals surface area (Å²) in [7, 11) is 0. The molecule has 2 aromatic heterocycles. The van der Waals surface area contributed by atoms with E-state index in [1.807, 2.05) is 0 Å². The zero-order chi connectivity index (χ0) is 26.1. The van der Waals surface area contributed by atoms with Gasteiger partial charge in [0.15, 0.2) is 0 Å². The predicted octanol–water partition coefficient (Wildman–Crippen LogP) is 6.23. The summed E-state index contributed by atoms with van der Waals surface area (Å²) in [6.45, 7) is 4.25. The van der Waals surface area contributed by atoms with Gasteiger partial charge in [-0.2, -0.15) is 0 Å². The summed E-state index contributed by atoms with van der Waals surface area (Å²) < 4.78 is 69.1. The summed E-state index contributed by atoms with van der Waals surface area (Å²) in [5.74, 6) is -3.89. The zero-order valence-corrected chi connectivity index (χ0v) is 19.6. The van der Waals surface area contributed by atoms with E-state index in [0.717, 1.165) is 30.5 Å². The highest BCUT2D eigenvalue weighted by Crippen LogP contribution is 2.41. The maximum Gasteiger partial charge on any atom is 0.274 e. The van der Waals surface area contributed by atoms with Crippen LogP contribution in [-0.4, -0.2) is 21.9 Å². The summed E-state index contributed by atoms with van der Waals surface area (Å²) in [6, 6.07) is 4.52. The quantitative estimate of drug-likeness (QED) is 0.404. The molecule has 36 heavy (non-hydrogen) atoms. The SMILES string of the molecule is C[C@@H]1[C@H](N)C[C@H](c2ccncc2NC(=O)c2ccc(F)c(-c3c(F)cc(C(F)F)cc3F)n2)C[C@@H]1C. The van der Waals surface area contributed by atoms with E-state index < -0.39 is 46.6 Å². The Morgan fingerprint density at radius 2 is 1.75 bits per heavy atom. The summed E-state index contributed by atoms with van der Waals surface area (Å²) in [6.07, 6.45) is 1.57. The number of amides is 1. The summed E-state index contributed by atoms with van der Waals surface area (Å²) in [4.78, 5) is 20.9. The molecule has 3 aromatic rings. The molecule has 0 spiro atoms. The van der Waals surface area contributed by atoms with Crippen LogP contribution in [0.15, 0.2) is 42.7 Å². The number of nitrogens with two attached hydrogens (primary N) is 1. The predicted molar refractivity (Wildman–Crippen MR) is 125 cm³/mol. The smallest absolute Gasteiger partial charge is 0.274 e. The third-order valence-corrected chi connectivity index (χ3v) is 6.96. The summed E-state index contributed by atoms with van der Waals surface area (Å²) in [5, 5.41) is 2.70. The van der Waals surface area contributed by atoms with Crippen LogP contribution >= 0.6 is 0 Å². The number of carbonyl (C=O) groups excluding carboxylic acids is 1. The number of pyridine rings is 2. The highest BCUT2D eigenvalue weighted by molar-refractivity contribution is 6.03. The topological polar surface area (TPSA) is 80.9 Å². The second-order valence-electron chi connectivity index (χ2n) is 9.27. The van der Waals surface area contributed by atoms with Crippen molar-refractivity contribution >= 4 is 11.6 Å². The lowest BCUT2D eigenvalue weighted by Gasteiger charge is -2.37. The Balaban J connectivity index is 1.64. The third-order valence-electron chi connectivity index (χ3n) is 6.96. The van der Waals surface area contributed by atoms with Crippen LogP contribution in [0.1, 0.15) is 60.6 Å². The van der Waals surface area contributed by atoms with Gasteiger partial charge in [0.25, 0.3) is 12.3 Å². The molecule has 0 unspecified atom stereocenters. The van der Waals surface area contributed by atoms with Gasteiger partial charge in [0.2, 0.25) is 0 Å². The lowest BCUT2D eigenvalue weighted by Crippen LogP contribution is -2.39. The Morgan fingerprint density at radius 1 is 1.06 bits per heavy atom. The average Bonchev–Trinajstić information content (AvgIpc) is 2.83. The minimum atomic E-state index is -3.11. The maximum atomic E-state index is 14.5. The molecule has 10 heteroatoms. The van der Waals surface area contributed by atoms with Crippen molar-refractivity contribution in [2.45, 2.75) is 45.1 Å². The first-order valence-electron chi connectivity index (χ1n) is 11.5. The first-order chi connectivity index (χ1) is 17.1. The molecule has 0 aliphatic heterocycles. The number of carbonyl (C=O) groups is 1. The van der Waals surface area contributed by atoms with Gasteiger partial charge in [-0.25, -0.2) is 26.9 Å². The molecule has 1 aromatic carbocycles. The molecule has 0 radical (unpaired) electrons. The van der Waals surface area contributed by atoms with E-state index in [9.17, 15) is 26.7 Å². The Bertz CT molecular complexity index is 1250. The molecular formula is C26H25F5N4O. The van der Waals surface area contributed by atoms with Crippen molar-refractivity contribution in [2.24, 2.45) is 17.6 Å². The Morgan fingerprint density at radius 3 is 2.39 bits per heavy atom. The van der Waals surface area contributed by atoms with Crippen molar-refractivity contribution < 1.29 is 26.7 Å². The fourth-order valence-electron chi connectivity index (χ4n) is 4.72. The lowest BCUT2D eigenvalue weighted by molar-refractivity contribution is 0.102.